The van der Waals surface area contributed by atoms with Gasteiger partial charge in [-0.05, 0) is 49.2 Å². The normalized spacial score (nSPS) is 20.5. The van der Waals surface area contributed by atoms with E-state index in [0.29, 0.717) is 6.61 Å². The first-order chi connectivity index (χ1) is 13.9. The summed E-state index contributed by atoms with van der Waals surface area (Å²) in [5.41, 5.74) is 2.20. The van der Waals surface area contributed by atoms with Gasteiger partial charge in [-0.1, -0.05) is 30.3 Å². The standard InChI is InChI=1S/C22H22N2O3S2/c1-22(2)18(21(25)26)24-20(29-22)19-23-12-17(28-19)15-8-10-16(11-9-15)27-13-14-6-4-3-5-7-14/h3-12,18,20,24H,13H2,1-2H3,(H,25,26). The SMILES string of the molecule is CC1(C)SC(c2ncc(-c3ccc(OCc4ccccc4)cc3)s2)NC1C(=O)O. The molecule has 2 aromatic carbocycles. The van der Waals surface area contributed by atoms with E-state index < -0.39 is 12.0 Å². The molecule has 5 nitrogen and oxygen atoms in total. The second kappa shape index (κ2) is 8.18. The van der Waals surface area contributed by atoms with Crippen LogP contribution < -0.4 is 10.1 Å². The Hall–Kier alpha value is -2.35. The van der Waals surface area contributed by atoms with Crippen LogP contribution in [0.15, 0.2) is 60.8 Å². The molecule has 0 bridgehead atoms. The number of aliphatic carboxylic acids is 1. The molecule has 1 aliphatic heterocycles. The molecule has 0 spiro atoms. The fraction of sp³-hybridized carbons (Fsp3) is 0.273. The predicted octanol–water partition coefficient (Wildman–Crippen LogP) is 4.96. The molecular weight excluding hydrogens is 404 g/mol. The molecule has 0 radical (unpaired) electrons. The third-order valence-corrected chi connectivity index (χ3v) is 7.52. The Morgan fingerprint density at radius 2 is 1.90 bits per heavy atom. The number of thioether (sulfide) groups is 1. The van der Waals surface area contributed by atoms with Crippen molar-refractivity contribution in [2.24, 2.45) is 0 Å². The number of aromatic nitrogens is 1. The van der Waals surface area contributed by atoms with Crippen LogP contribution in [-0.4, -0.2) is 26.8 Å². The van der Waals surface area contributed by atoms with Gasteiger partial charge in [-0.3, -0.25) is 10.1 Å². The number of nitrogens with one attached hydrogen (secondary N) is 1. The molecule has 150 valence electrons. The minimum absolute atomic E-state index is 0.113. The lowest BCUT2D eigenvalue weighted by Crippen LogP contribution is -2.43. The molecular formula is C22H22N2O3S2. The van der Waals surface area contributed by atoms with E-state index in [9.17, 15) is 9.90 Å². The highest BCUT2D eigenvalue weighted by Gasteiger charge is 2.46. The third kappa shape index (κ3) is 4.47. The molecule has 0 saturated carbocycles. The Morgan fingerprint density at radius 1 is 1.17 bits per heavy atom. The van der Waals surface area contributed by atoms with Gasteiger partial charge in [-0.15, -0.1) is 23.1 Å². The first-order valence-corrected chi connectivity index (χ1v) is 11.0. The van der Waals surface area contributed by atoms with E-state index in [1.54, 1.807) is 23.1 Å². The van der Waals surface area contributed by atoms with Crippen LogP contribution in [0, 0.1) is 0 Å². The molecule has 2 atom stereocenters. The van der Waals surface area contributed by atoms with Gasteiger partial charge in [0.1, 0.15) is 28.8 Å². The largest absolute Gasteiger partial charge is 0.489 e. The van der Waals surface area contributed by atoms with Crippen LogP contribution >= 0.6 is 23.1 Å². The molecule has 1 aliphatic rings. The van der Waals surface area contributed by atoms with Crippen molar-refractivity contribution in [1.29, 1.82) is 0 Å². The molecule has 2 heterocycles. The van der Waals surface area contributed by atoms with Gasteiger partial charge in [0.25, 0.3) is 0 Å². The number of carbonyl (C=O) groups is 1. The van der Waals surface area contributed by atoms with E-state index in [4.69, 9.17) is 4.74 Å². The second-order valence-corrected chi connectivity index (χ2v) is 10.2. The van der Waals surface area contributed by atoms with Gasteiger partial charge in [0.2, 0.25) is 0 Å². The van der Waals surface area contributed by atoms with Gasteiger partial charge in [0, 0.05) is 10.9 Å². The van der Waals surface area contributed by atoms with Crippen molar-refractivity contribution in [3.8, 4) is 16.2 Å². The van der Waals surface area contributed by atoms with Gasteiger partial charge in [-0.2, -0.15) is 0 Å². The van der Waals surface area contributed by atoms with E-state index >= 15 is 0 Å². The Morgan fingerprint density at radius 3 is 2.55 bits per heavy atom. The van der Waals surface area contributed by atoms with Crippen molar-refractivity contribution >= 4 is 29.1 Å². The molecule has 29 heavy (non-hydrogen) atoms. The van der Waals surface area contributed by atoms with Crippen molar-refractivity contribution in [2.75, 3.05) is 0 Å². The number of thiazole rings is 1. The monoisotopic (exact) mass is 426 g/mol. The smallest absolute Gasteiger partial charge is 0.322 e. The highest BCUT2D eigenvalue weighted by molar-refractivity contribution is 8.01. The lowest BCUT2D eigenvalue weighted by Gasteiger charge is -2.20. The van der Waals surface area contributed by atoms with Crippen LogP contribution in [0.2, 0.25) is 0 Å². The summed E-state index contributed by atoms with van der Waals surface area (Å²) in [5.74, 6) is -0.00530. The zero-order chi connectivity index (χ0) is 20.4. The summed E-state index contributed by atoms with van der Waals surface area (Å²) in [5, 5.41) is 13.4. The van der Waals surface area contributed by atoms with E-state index in [1.807, 2.05) is 74.6 Å². The zero-order valence-electron chi connectivity index (χ0n) is 16.2. The second-order valence-electron chi connectivity index (χ2n) is 7.40. The van der Waals surface area contributed by atoms with Gasteiger partial charge in [-0.25, -0.2) is 4.98 Å². The number of ether oxygens (including phenoxy) is 1. The van der Waals surface area contributed by atoms with Crippen LogP contribution in [0.3, 0.4) is 0 Å². The van der Waals surface area contributed by atoms with Crippen LogP contribution in [0.5, 0.6) is 5.75 Å². The summed E-state index contributed by atoms with van der Waals surface area (Å²) in [4.78, 5) is 17.1. The minimum Gasteiger partial charge on any atom is -0.489 e. The van der Waals surface area contributed by atoms with Crippen LogP contribution in [0.1, 0.15) is 29.8 Å². The Kier molecular flexibility index (Phi) is 5.63. The van der Waals surface area contributed by atoms with Gasteiger partial charge in [0.05, 0.1) is 4.88 Å². The minimum atomic E-state index is -0.826. The highest BCUT2D eigenvalue weighted by Crippen LogP contribution is 2.47. The first-order valence-electron chi connectivity index (χ1n) is 9.32. The number of carboxylic acid groups (broad SMARTS) is 1. The van der Waals surface area contributed by atoms with Crippen LogP contribution in [0.25, 0.3) is 10.4 Å². The van der Waals surface area contributed by atoms with Crippen molar-refractivity contribution in [3.63, 3.8) is 0 Å². The Balaban J connectivity index is 1.42. The maximum absolute atomic E-state index is 11.5. The number of rotatable bonds is 6. The molecule has 7 heteroatoms. The summed E-state index contributed by atoms with van der Waals surface area (Å²) in [6.07, 6.45) is 1.85. The van der Waals surface area contributed by atoms with Gasteiger partial charge >= 0.3 is 5.97 Å². The molecule has 1 saturated heterocycles. The van der Waals surface area contributed by atoms with Crippen molar-refractivity contribution in [3.05, 3.63) is 71.4 Å². The fourth-order valence-corrected chi connectivity index (χ4v) is 5.68. The van der Waals surface area contributed by atoms with E-state index in [2.05, 4.69) is 10.3 Å². The maximum atomic E-state index is 11.5. The molecule has 4 rings (SSSR count). The molecule has 1 fully saturated rings. The van der Waals surface area contributed by atoms with Gasteiger partial charge < -0.3 is 9.84 Å². The topological polar surface area (TPSA) is 71.5 Å². The lowest BCUT2D eigenvalue weighted by atomic mass is 10.0. The predicted molar refractivity (Wildman–Crippen MR) is 117 cm³/mol. The zero-order valence-corrected chi connectivity index (χ0v) is 17.8. The molecule has 3 aromatic rings. The van der Waals surface area contributed by atoms with E-state index in [0.717, 1.165) is 26.8 Å². The summed E-state index contributed by atoms with van der Waals surface area (Å²) in [6.45, 7) is 4.44. The number of hydrogen-bond acceptors (Lipinski definition) is 6. The summed E-state index contributed by atoms with van der Waals surface area (Å²) >= 11 is 3.19. The van der Waals surface area contributed by atoms with Crippen molar-refractivity contribution in [1.82, 2.24) is 10.3 Å². The average Bonchev–Trinajstić information content (AvgIpc) is 3.32. The van der Waals surface area contributed by atoms with E-state index in [-0.39, 0.29) is 10.1 Å². The lowest BCUT2D eigenvalue weighted by molar-refractivity contribution is -0.139. The van der Waals surface area contributed by atoms with Crippen molar-refractivity contribution < 1.29 is 14.6 Å². The Bertz CT molecular complexity index is 987. The fourth-order valence-electron chi connectivity index (χ4n) is 3.25. The first kappa shape index (κ1) is 19.9. The Labute approximate surface area is 178 Å². The van der Waals surface area contributed by atoms with Crippen molar-refractivity contribution in [2.45, 2.75) is 36.6 Å². The molecule has 0 amide bonds. The summed E-state index contributed by atoms with van der Waals surface area (Å²) < 4.78 is 5.46. The molecule has 0 aliphatic carbocycles. The highest BCUT2D eigenvalue weighted by atomic mass is 32.2. The van der Waals surface area contributed by atoms with Gasteiger partial charge in [0.15, 0.2) is 0 Å². The number of benzene rings is 2. The van der Waals surface area contributed by atoms with E-state index in [1.165, 1.54) is 0 Å². The molecule has 2 N–H and O–H groups in total. The molecule has 1 aromatic heterocycles. The number of nitrogens with zero attached hydrogens (tertiary/aromatic N) is 1. The quantitative estimate of drug-likeness (QED) is 0.581. The number of hydrogen-bond donors (Lipinski definition) is 2. The van der Waals surface area contributed by atoms with Crippen LogP contribution in [-0.2, 0) is 11.4 Å². The average molecular weight is 427 g/mol. The number of carboxylic acids is 1. The van der Waals surface area contributed by atoms with Crippen LogP contribution in [0.4, 0.5) is 0 Å². The molecule has 2 unspecified atom stereocenters. The maximum Gasteiger partial charge on any atom is 0.322 e. The summed E-state index contributed by atoms with van der Waals surface area (Å²) in [7, 11) is 0. The third-order valence-electron chi connectivity index (χ3n) is 4.82. The summed E-state index contributed by atoms with van der Waals surface area (Å²) in [6, 6.07) is 17.5.